The first-order chi connectivity index (χ1) is 9.97. The fraction of sp³-hybridized carbons (Fsp3) is 0.368. The SMILES string of the molecule is CC1=C(C)C[C@H]2C(=O)C(c3ccc(C)cc3)=CC(=O)[C@@H]2C1. The molecule has 21 heavy (non-hydrogen) atoms. The Balaban J connectivity index is 1.99. The highest BCUT2D eigenvalue weighted by molar-refractivity contribution is 6.29. The van der Waals surface area contributed by atoms with Crippen molar-refractivity contribution in [3.63, 3.8) is 0 Å². The number of carbonyl (C=O) groups is 2. The highest BCUT2D eigenvalue weighted by Crippen LogP contribution is 2.41. The Morgan fingerprint density at radius 2 is 1.43 bits per heavy atom. The predicted molar refractivity (Wildman–Crippen MR) is 83.8 cm³/mol. The van der Waals surface area contributed by atoms with Gasteiger partial charge in [-0.1, -0.05) is 41.0 Å². The summed E-state index contributed by atoms with van der Waals surface area (Å²) in [5.74, 6) is -0.0600. The topological polar surface area (TPSA) is 34.1 Å². The average Bonchev–Trinajstić information content (AvgIpc) is 2.46. The van der Waals surface area contributed by atoms with Gasteiger partial charge in [-0.15, -0.1) is 0 Å². The molecule has 0 aromatic heterocycles. The van der Waals surface area contributed by atoms with E-state index in [1.54, 1.807) is 6.08 Å². The molecule has 2 aliphatic carbocycles. The first-order valence-electron chi connectivity index (χ1n) is 7.49. The highest BCUT2D eigenvalue weighted by Gasteiger charge is 2.41. The molecule has 0 heterocycles. The lowest BCUT2D eigenvalue weighted by atomic mass is 9.67. The predicted octanol–water partition coefficient (Wildman–Crippen LogP) is 3.89. The van der Waals surface area contributed by atoms with Crippen LogP contribution >= 0.6 is 0 Å². The van der Waals surface area contributed by atoms with E-state index in [1.807, 2.05) is 31.2 Å². The van der Waals surface area contributed by atoms with E-state index in [9.17, 15) is 9.59 Å². The van der Waals surface area contributed by atoms with Crippen LogP contribution in [0.1, 0.15) is 37.8 Å². The largest absolute Gasteiger partial charge is 0.294 e. The summed E-state index contributed by atoms with van der Waals surface area (Å²) in [6.07, 6.45) is 3.03. The van der Waals surface area contributed by atoms with Gasteiger partial charge in [0.25, 0.3) is 0 Å². The minimum absolute atomic E-state index is 0.113. The number of allylic oxidation sites excluding steroid dienone is 4. The van der Waals surface area contributed by atoms with Gasteiger partial charge in [0.15, 0.2) is 11.6 Å². The minimum Gasteiger partial charge on any atom is -0.294 e. The molecule has 2 atom stereocenters. The third-order valence-electron chi connectivity index (χ3n) is 4.88. The van der Waals surface area contributed by atoms with E-state index in [2.05, 4.69) is 13.8 Å². The maximum atomic E-state index is 12.8. The monoisotopic (exact) mass is 280 g/mol. The quantitative estimate of drug-likeness (QED) is 0.731. The van der Waals surface area contributed by atoms with Crippen LogP contribution in [0.15, 0.2) is 41.5 Å². The van der Waals surface area contributed by atoms with Gasteiger partial charge in [0.2, 0.25) is 0 Å². The van der Waals surface area contributed by atoms with E-state index in [0.717, 1.165) is 24.0 Å². The van der Waals surface area contributed by atoms with Crippen LogP contribution in [-0.2, 0) is 9.59 Å². The van der Waals surface area contributed by atoms with E-state index in [4.69, 9.17) is 0 Å². The van der Waals surface area contributed by atoms with Crippen LogP contribution in [0.25, 0.3) is 5.57 Å². The second-order valence-corrected chi connectivity index (χ2v) is 6.37. The van der Waals surface area contributed by atoms with Crippen molar-refractivity contribution in [1.29, 1.82) is 0 Å². The summed E-state index contributed by atoms with van der Waals surface area (Å²) in [6, 6.07) is 7.83. The Hall–Kier alpha value is -1.96. The van der Waals surface area contributed by atoms with Crippen LogP contribution in [0.2, 0.25) is 0 Å². The molecule has 0 bridgehead atoms. The summed E-state index contributed by atoms with van der Waals surface area (Å²) in [4.78, 5) is 25.2. The lowest BCUT2D eigenvalue weighted by molar-refractivity contribution is -0.128. The summed E-state index contributed by atoms with van der Waals surface area (Å²) in [5, 5.41) is 0. The normalized spacial score (nSPS) is 25.8. The molecule has 0 amide bonds. The number of Topliss-reactive ketones (excluding diaryl/α,β-unsaturated/α-hetero) is 1. The summed E-state index contributed by atoms with van der Waals surface area (Å²) >= 11 is 0. The minimum atomic E-state index is -0.164. The number of carbonyl (C=O) groups excluding carboxylic acids is 2. The van der Waals surface area contributed by atoms with Crippen LogP contribution < -0.4 is 0 Å². The number of hydrogen-bond acceptors (Lipinski definition) is 2. The van der Waals surface area contributed by atoms with Crippen LogP contribution in [0, 0.1) is 18.8 Å². The molecular formula is C19H20O2. The van der Waals surface area contributed by atoms with Gasteiger partial charge in [-0.05, 0) is 45.3 Å². The molecule has 0 saturated heterocycles. The van der Waals surface area contributed by atoms with Crippen molar-refractivity contribution >= 4 is 17.1 Å². The maximum Gasteiger partial charge on any atom is 0.167 e. The zero-order valence-electron chi connectivity index (χ0n) is 12.8. The van der Waals surface area contributed by atoms with Crippen LogP contribution in [0.5, 0.6) is 0 Å². The van der Waals surface area contributed by atoms with E-state index in [-0.39, 0.29) is 23.4 Å². The number of aryl methyl sites for hydroxylation is 1. The fourth-order valence-corrected chi connectivity index (χ4v) is 3.35. The van der Waals surface area contributed by atoms with Crippen molar-refractivity contribution in [1.82, 2.24) is 0 Å². The Bertz CT molecular complexity index is 674. The first-order valence-corrected chi connectivity index (χ1v) is 7.49. The lowest BCUT2D eigenvalue weighted by Crippen LogP contribution is -2.36. The Morgan fingerprint density at radius 1 is 0.857 bits per heavy atom. The molecule has 0 unspecified atom stereocenters. The van der Waals surface area contributed by atoms with Crippen molar-refractivity contribution < 1.29 is 9.59 Å². The number of benzene rings is 1. The molecule has 2 nitrogen and oxygen atoms in total. The van der Waals surface area contributed by atoms with Crippen LogP contribution in [0.3, 0.4) is 0 Å². The zero-order chi connectivity index (χ0) is 15.1. The number of fused-ring (bicyclic) bond motifs is 1. The molecule has 2 heteroatoms. The summed E-state index contributed by atoms with van der Waals surface area (Å²) in [5.41, 5.74) is 5.14. The molecule has 0 radical (unpaired) electrons. The van der Waals surface area contributed by atoms with Crippen LogP contribution in [0.4, 0.5) is 0 Å². The molecule has 2 aliphatic rings. The molecular weight excluding hydrogens is 260 g/mol. The van der Waals surface area contributed by atoms with Gasteiger partial charge in [0, 0.05) is 17.4 Å². The smallest absolute Gasteiger partial charge is 0.167 e. The maximum absolute atomic E-state index is 12.8. The van der Waals surface area contributed by atoms with Crippen molar-refractivity contribution in [3.05, 3.63) is 52.6 Å². The fourth-order valence-electron chi connectivity index (χ4n) is 3.35. The van der Waals surface area contributed by atoms with Gasteiger partial charge in [0.05, 0.1) is 0 Å². The molecule has 1 aromatic carbocycles. The standard InChI is InChI=1S/C19H20O2/c1-11-4-6-14(7-5-11)15-10-18(20)16-8-12(2)13(3)9-17(16)19(15)21/h4-7,10,16-17H,8-9H2,1-3H3/t16-,17-/m1/s1. The third kappa shape index (κ3) is 2.39. The number of ketones is 2. The Kier molecular flexibility index (Phi) is 3.40. The first kappa shape index (κ1) is 14.0. The third-order valence-corrected chi connectivity index (χ3v) is 4.88. The van der Waals surface area contributed by atoms with Gasteiger partial charge in [-0.2, -0.15) is 0 Å². The van der Waals surface area contributed by atoms with E-state index in [1.165, 1.54) is 11.1 Å². The zero-order valence-corrected chi connectivity index (χ0v) is 12.8. The summed E-state index contributed by atoms with van der Waals surface area (Å²) < 4.78 is 0. The molecule has 108 valence electrons. The highest BCUT2D eigenvalue weighted by atomic mass is 16.1. The van der Waals surface area contributed by atoms with Gasteiger partial charge >= 0.3 is 0 Å². The molecule has 0 saturated carbocycles. The van der Waals surface area contributed by atoms with E-state index < -0.39 is 0 Å². The molecule has 0 fully saturated rings. The summed E-state index contributed by atoms with van der Waals surface area (Å²) in [6.45, 7) is 6.16. The Morgan fingerprint density at radius 3 is 2.05 bits per heavy atom. The Labute approximate surface area is 125 Å². The summed E-state index contributed by atoms with van der Waals surface area (Å²) in [7, 11) is 0. The van der Waals surface area contributed by atoms with E-state index in [0.29, 0.717) is 5.57 Å². The molecule has 0 N–H and O–H groups in total. The average molecular weight is 280 g/mol. The second-order valence-electron chi connectivity index (χ2n) is 6.37. The van der Waals surface area contributed by atoms with Gasteiger partial charge in [-0.3, -0.25) is 9.59 Å². The van der Waals surface area contributed by atoms with Gasteiger partial charge in [0.1, 0.15) is 0 Å². The van der Waals surface area contributed by atoms with Crippen molar-refractivity contribution in [2.45, 2.75) is 33.6 Å². The van der Waals surface area contributed by atoms with Crippen molar-refractivity contribution in [2.75, 3.05) is 0 Å². The van der Waals surface area contributed by atoms with Crippen molar-refractivity contribution in [2.24, 2.45) is 11.8 Å². The lowest BCUT2D eigenvalue weighted by Gasteiger charge is -2.34. The van der Waals surface area contributed by atoms with Crippen LogP contribution in [-0.4, -0.2) is 11.6 Å². The molecule has 1 aromatic rings. The van der Waals surface area contributed by atoms with Gasteiger partial charge in [-0.25, -0.2) is 0 Å². The second kappa shape index (κ2) is 5.10. The number of hydrogen-bond donors (Lipinski definition) is 0. The molecule has 3 rings (SSSR count). The molecule has 0 aliphatic heterocycles. The van der Waals surface area contributed by atoms with Gasteiger partial charge < -0.3 is 0 Å². The van der Waals surface area contributed by atoms with E-state index >= 15 is 0 Å². The number of rotatable bonds is 1. The molecule has 0 spiro atoms. The van der Waals surface area contributed by atoms with Crippen molar-refractivity contribution in [3.8, 4) is 0 Å².